The van der Waals surface area contributed by atoms with Crippen molar-refractivity contribution in [2.45, 2.75) is 32.2 Å². The van der Waals surface area contributed by atoms with Gasteiger partial charge in [0.25, 0.3) is 5.91 Å². The average Bonchev–Trinajstić information content (AvgIpc) is 3.40. The summed E-state index contributed by atoms with van der Waals surface area (Å²) >= 11 is 0. The van der Waals surface area contributed by atoms with E-state index in [0.717, 1.165) is 24.8 Å². The van der Waals surface area contributed by atoms with Crippen LogP contribution in [0.4, 0.5) is 10.3 Å². The number of nitrogens with two attached hydrogens (primary N) is 1. The number of benzene rings is 1. The molecule has 0 fully saturated rings. The van der Waals surface area contributed by atoms with Crippen LogP contribution in [0.3, 0.4) is 0 Å². The summed E-state index contributed by atoms with van der Waals surface area (Å²) in [6.07, 6.45) is 6.49. The van der Waals surface area contributed by atoms with Gasteiger partial charge in [0.2, 0.25) is 5.95 Å². The predicted octanol–water partition coefficient (Wildman–Crippen LogP) is 3.59. The Bertz CT molecular complexity index is 1490. The van der Waals surface area contributed by atoms with Crippen molar-refractivity contribution in [2.75, 3.05) is 5.32 Å². The maximum Gasteiger partial charge on any atom is 0.254 e. The van der Waals surface area contributed by atoms with Crippen molar-refractivity contribution in [3.05, 3.63) is 71.2 Å². The van der Waals surface area contributed by atoms with E-state index >= 15 is 0 Å². The third-order valence-corrected chi connectivity index (χ3v) is 5.91. The number of aromatic nitrogens is 5. The molecule has 1 amide bonds. The number of hydrogen-bond acceptors (Lipinski definition) is 6. The van der Waals surface area contributed by atoms with Gasteiger partial charge in [0.05, 0.1) is 12.0 Å². The van der Waals surface area contributed by atoms with Crippen LogP contribution >= 0.6 is 0 Å². The Morgan fingerprint density at radius 3 is 2.97 bits per heavy atom. The molecule has 0 unspecified atom stereocenters. The van der Waals surface area contributed by atoms with Crippen molar-refractivity contribution in [1.82, 2.24) is 24.6 Å². The number of fused-ring (bicyclic) bond motifs is 4. The Morgan fingerprint density at radius 1 is 1.38 bits per heavy atom. The molecule has 0 radical (unpaired) electrons. The van der Waals surface area contributed by atoms with Gasteiger partial charge in [-0.1, -0.05) is 18.2 Å². The molecule has 172 valence electrons. The van der Waals surface area contributed by atoms with Crippen LogP contribution in [0.25, 0.3) is 22.1 Å². The molecule has 5 rings (SSSR count). The summed E-state index contributed by atoms with van der Waals surface area (Å²) < 4.78 is 15.2. The zero-order valence-corrected chi connectivity index (χ0v) is 18.5. The molecule has 0 saturated carbocycles. The molecular weight excluding hydrogens is 435 g/mol. The Morgan fingerprint density at radius 2 is 2.21 bits per heavy atom. The number of anilines is 1. The van der Waals surface area contributed by atoms with Gasteiger partial charge in [-0.15, -0.1) is 0 Å². The summed E-state index contributed by atoms with van der Waals surface area (Å²) in [4.78, 5) is 28.2. The number of hydrogen-bond donors (Lipinski definition) is 3. The predicted molar refractivity (Wildman–Crippen MR) is 129 cm³/mol. The molecule has 4 aromatic rings. The summed E-state index contributed by atoms with van der Waals surface area (Å²) in [5.74, 6) is -0.571. The third-order valence-electron chi connectivity index (χ3n) is 5.91. The number of carbonyl (C=O) groups is 1. The second kappa shape index (κ2) is 8.54. The second-order valence-electron chi connectivity index (χ2n) is 8.24. The van der Waals surface area contributed by atoms with Gasteiger partial charge < -0.3 is 16.0 Å². The van der Waals surface area contributed by atoms with E-state index in [1.165, 1.54) is 46.6 Å². The molecule has 10 heteroatoms. The highest BCUT2D eigenvalue weighted by molar-refractivity contribution is 5.98. The highest BCUT2D eigenvalue weighted by Gasteiger charge is 2.25. The van der Waals surface area contributed by atoms with Crippen LogP contribution in [-0.2, 0) is 12.8 Å². The minimum Gasteiger partial charge on any atom is -0.365 e. The molecule has 1 atom stereocenters. The van der Waals surface area contributed by atoms with E-state index in [1.54, 1.807) is 0 Å². The van der Waals surface area contributed by atoms with Crippen molar-refractivity contribution in [3.8, 4) is 0 Å². The number of amides is 1. The number of nitrogens with one attached hydrogen (secondary N) is 2. The highest BCUT2D eigenvalue weighted by Crippen LogP contribution is 2.30. The Balaban J connectivity index is 1.57. The standard InChI is InChI=1S/C24H23FN8O/c1-13(25)9-14(11-27-2)22-31-23-18(21(26)34)12-28-33(23)24(32-22)29-15-7-8-20-17(10-15)16-5-3-4-6-19(16)30-20/h3-6,9,11-12,15,30H,2,7-8,10H2,1H3,(H2,26,34)(H,29,31,32)/b13-9+,14-11+/t15-/m1/s1. The number of aromatic amines is 1. The van der Waals surface area contributed by atoms with E-state index in [1.807, 2.05) is 12.1 Å². The van der Waals surface area contributed by atoms with Crippen molar-refractivity contribution >= 4 is 40.7 Å². The smallest absolute Gasteiger partial charge is 0.254 e. The van der Waals surface area contributed by atoms with Crippen molar-refractivity contribution in [2.24, 2.45) is 10.7 Å². The van der Waals surface area contributed by atoms with Gasteiger partial charge in [0.15, 0.2) is 11.5 Å². The Kier molecular flexibility index (Phi) is 5.40. The van der Waals surface area contributed by atoms with Crippen LogP contribution in [0.15, 0.2) is 53.6 Å². The quantitative estimate of drug-likeness (QED) is 0.301. The van der Waals surface area contributed by atoms with Crippen LogP contribution in [0.2, 0.25) is 0 Å². The van der Waals surface area contributed by atoms with Gasteiger partial charge in [-0.2, -0.15) is 14.6 Å². The maximum absolute atomic E-state index is 13.7. The van der Waals surface area contributed by atoms with E-state index in [9.17, 15) is 9.18 Å². The number of aliphatic imine (C=N–C) groups is 1. The van der Waals surface area contributed by atoms with Crippen LogP contribution in [-0.4, -0.2) is 43.2 Å². The van der Waals surface area contributed by atoms with Crippen LogP contribution in [0, 0.1) is 0 Å². The fraction of sp³-hybridized carbons (Fsp3) is 0.208. The van der Waals surface area contributed by atoms with E-state index in [-0.39, 0.29) is 23.1 Å². The van der Waals surface area contributed by atoms with E-state index < -0.39 is 11.7 Å². The number of allylic oxidation sites excluding steroid dienone is 3. The number of nitrogens with zero attached hydrogens (tertiary/aromatic N) is 5. The molecule has 0 saturated heterocycles. The number of aryl methyl sites for hydroxylation is 1. The fourth-order valence-electron chi connectivity index (χ4n) is 4.42. The van der Waals surface area contributed by atoms with Gasteiger partial charge >= 0.3 is 0 Å². The minimum absolute atomic E-state index is 0.0577. The molecule has 0 aliphatic heterocycles. The number of carbonyl (C=O) groups excluding carboxylic acids is 1. The fourth-order valence-corrected chi connectivity index (χ4v) is 4.42. The van der Waals surface area contributed by atoms with E-state index in [4.69, 9.17) is 5.73 Å². The SMILES string of the molecule is C=N/C=C(\C=C(/C)F)c1nc(N[C@@H]2CCc3[nH]c4ccccc4c3C2)n2ncc(C(N)=O)c2n1. The average molecular weight is 459 g/mol. The number of primary amides is 1. The summed E-state index contributed by atoms with van der Waals surface area (Å²) in [6.45, 7) is 4.75. The largest absolute Gasteiger partial charge is 0.365 e. The lowest BCUT2D eigenvalue weighted by molar-refractivity contribution is 0.100. The lowest BCUT2D eigenvalue weighted by atomic mass is 9.91. The van der Waals surface area contributed by atoms with E-state index in [0.29, 0.717) is 11.5 Å². The molecular formula is C24H23FN8O. The molecule has 34 heavy (non-hydrogen) atoms. The normalized spacial score (nSPS) is 16.6. The first kappa shape index (κ1) is 21.5. The zero-order valence-electron chi connectivity index (χ0n) is 18.5. The molecule has 0 spiro atoms. The van der Waals surface area contributed by atoms with Crippen molar-refractivity contribution in [3.63, 3.8) is 0 Å². The lowest BCUT2D eigenvalue weighted by Crippen LogP contribution is -2.29. The topological polar surface area (TPSA) is 126 Å². The molecule has 3 aromatic heterocycles. The van der Waals surface area contributed by atoms with E-state index in [2.05, 4.69) is 49.2 Å². The van der Waals surface area contributed by atoms with Crippen molar-refractivity contribution < 1.29 is 9.18 Å². The summed E-state index contributed by atoms with van der Waals surface area (Å²) in [5.41, 5.74) is 9.84. The maximum atomic E-state index is 13.7. The van der Waals surface area contributed by atoms with Gasteiger partial charge in [0.1, 0.15) is 5.56 Å². The van der Waals surface area contributed by atoms with Crippen molar-refractivity contribution in [1.29, 1.82) is 0 Å². The monoisotopic (exact) mass is 458 g/mol. The number of halogens is 1. The first-order valence-electron chi connectivity index (χ1n) is 10.9. The van der Waals surface area contributed by atoms with Gasteiger partial charge in [-0.3, -0.25) is 9.79 Å². The first-order chi connectivity index (χ1) is 16.4. The summed E-state index contributed by atoms with van der Waals surface area (Å²) in [7, 11) is 0. The van der Waals surface area contributed by atoms with Gasteiger partial charge in [0, 0.05) is 34.4 Å². The Hall–Kier alpha value is -4.34. The number of para-hydroxylation sites is 1. The molecule has 0 bridgehead atoms. The summed E-state index contributed by atoms with van der Waals surface area (Å²) in [5, 5.41) is 8.94. The zero-order chi connectivity index (χ0) is 23.8. The molecule has 9 nitrogen and oxygen atoms in total. The second-order valence-corrected chi connectivity index (χ2v) is 8.24. The van der Waals surface area contributed by atoms with Crippen LogP contribution in [0.1, 0.15) is 40.8 Å². The van der Waals surface area contributed by atoms with Gasteiger partial charge in [-0.25, -0.2) is 9.37 Å². The van der Waals surface area contributed by atoms with Gasteiger partial charge in [-0.05, 0) is 50.6 Å². The van der Waals surface area contributed by atoms with Crippen LogP contribution < -0.4 is 11.1 Å². The summed E-state index contributed by atoms with van der Waals surface area (Å²) in [6, 6.07) is 8.30. The molecule has 4 N–H and O–H groups in total. The number of H-pyrrole nitrogens is 1. The molecule has 3 heterocycles. The van der Waals surface area contributed by atoms with Crippen LogP contribution in [0.5, 0.6) is 0 Å². The molecule has 1 aliphatic rings. The Labute approximate surface area is 194 Å². The highest BCUT2D eigenvalue weighted by atomic mass is 19.1. The lowest BCUT2D eigenvalue weighted by Gasteiger charge is -2.24. The first-order valence-corrected chi connectivity index (χ1v) is 10.9. The molecule has 1 aliphatic carbocycles. The minimum atomic E-state index is -0.670. The molecule has 1 aromatic carbocycles. The number of rotatable bonds is 6. The third kappa shape index (κ3) is 3.83.